The molecule has 2 rings (SSSR count). The van der Waals surface area contributed by atoms with Gasteiger partial charge in [-0.3, -0.25) is 4.68 Å². The van der Waals surface area contributed by atoms with E-state index in [4.69, 9.17) is 16.3 Å². The van der Waals surface area contributed by atoms with Gasteiger partial charge in [0, 0.05) is 18.0 Å². The predicted octanol–water partition coefficient (Wildman–Crippen LogP) is 2.97. The van der Waals surface area contributed by atoms with Crippen molar-refractivity contribution in [2.75, 3.05) is 6.61 Å². The van der Waals surface area contributed by atoms with Crippen LogP contribution >= 0.6 is 22.9 Å². The Morgan fingerprint density at radius 2 is 2.42 bits per heavy atom. The van der Waals surface area contributed by atoms with Crippen LogP contribution in [0.1, 0.15) is 35.4 Å². The normalized spacial score (nSPS) is 12.4. The highest BCUT2D eigenvalue weighted by Crippen LogP contribution is 2.19. The third-order valence-corrected chi connectivity index (χ3v) is 3.59. The van der Waals surface area contributed by atoms with Gasteiger partial charge in [-0.15, -0.1) is 11.3 Å². The second kappa shape index (κ2) is 6.16. The van der Waals surface area contributed by atoms with Gasteiger partial charge in [-0.1, -0.05) is 11.6 Å². The standard InChI is InChI=1S/C12H14ClN3O2S/c1-3-18-12(17)10-7-19-11(15-10)4-8(2)16-6-9(13)5-14-16/h5-8H,3-4H2,1-2H3/t8-/m1/s1. The Bertz CT molecular complexity index is 567. The van der Waals surface area contributed by atoms with E-state index in [-0.39, 0.29) is 12.0 Å². The maximum atomic E-state index is 11.5. The van der Waals surface area contributed by atoms with Crippen LogP contribution in [0, 0.1) is 0 Å². The van der Waals surface area contributed by atoms with E-state index in [0.717, 1.165) is 5.01 Å². The Labute approximate surface area is 120 Å². The molecule has 0 aliphatic rings. The molecular formula is C12H14ClN3O2S. The van der Waals surface area contributed by atoms with Gasteiger partial charge in [0.1, 0.15) is 0 Å². The Morgan fingerprint density at radius 1 is 1.63 bits per heavy atom. The Balaban J connectivity index is 2.01. The molecule has 2 aromatic heterocycles. The van der Waals surface area contributed by atoms with Gasteiger partial charge in [0.05, 0.1) is 28.9 Å². The summed E-state index contributed by atoms with van der Waals surface area (Å²) in [7, 11) is 0. The Kier molecular flexibility index (Phi) is 4.55. The molecule has 5 nitrogen and oxygen atoms in total. The molecule has 19 heavy (non-hydrogen) atoms. The lowest BCUT2D eigenvalue weighted by Crippen LogP contribution is -2.09. The molecule has 0 fully saturated rings. The summed E-state index contributed by atoms with van der Waals surface area (Å²) in [6.45, 7) is 4.15. The number of halogens is 1. The second-order valence-electron chi connectivity index (χ2n) is 4.04. The fourth-order valence-electron chi connectivity index (χ4n) is 1.61. The van der Waals surface area contributed by atoms with Crippen molar-refractivity contribution in [1.29, 1.82) is 0 Å². The highest BCUT2D eigenvalue weighted by Gasteiger charge is 2.14. The third kappa shape index (κ3) is 3.54. The van der Waals surface area contributed by atoms with Crippen molar-refractivity contribution in [2.24, 2.45) is 0 Å². The smallest absolute Gasteiger partial charge is 0.357 e. The third-order valence-electron chi connectivity index (χ3n) is 2.53. The number of esters is 1. The molecule has 0 amide bonds. The molecule has 7 heteroatoms. The Morgan fingerprint density at radius 3 is 3.05 bits per heavy atom. The van der Waals surface area contributed by atoms with Crippen molar-refractivity contribution >= 4 is 28.9 Å². The summed E-state index contributed by atoms with van der Waals surface area (Å²) < 4.78 is 6.69. The number of thiazole rings is 1. The van der Waals surface area contributed by atoms with E-state index in [9.17, 15) is 4.79 Å². The van der Waals surface area contributed by atoms with Crippen LogP contribution < -0.4 is 0 Å². The monoisotopic (exact) mass is 299 g/mol. The minimum Gasteiger partial charge on any atom is -0.461 e. The summed E-state index contributed by atoms with van der Waals surface area (Å²) in [5.74, 6) is -0.375. The molecule has 0 aromatic carbocycles. The molecule has 0 spiro atoms. The largest absolute Gasteiger partial charge is 0.461 e. The van der Waals surface area contributed by atoms with E-state index in [2.05, 4.69) is 10.1 Å². The van der Waals surface area contributed by atoms with Gasteiger partial charge in [0.25, 0.3) is 0 Å². The summed E-state index contributed by atoms with van der Waals surface area (Å²) in [5, 5.41) is 7.36. The highest BCUT2D eigenvalue weighted by atomic mass is 35.5. The first kappa shape index (κ1) is 14.0. The fourth-order valence-corrected chi connectivity index (χ4v) is 2.63. The maximum absolute atomic E-state index is 11.5. The van der Waals surface area contributed by atoms with Crippen LogP contribution in [0.4, 0.5) is 0 Å². The lowest BCUT2D eigenvalue weighted by atomic mass is 10.2. The number of ether oxygens (including phenoxy) is 1. The lowest BCUT2D eigenvalue weighted by molar-refractivity contribution is 0.0520. The van der Waals surface area contributed by atoms with Crippen LogP contribution in [-0.4, -0.2) is 27.3 Å². The number of aromatic nitrogens is 3. The molecule has 0 radical (unpaired) electrons. The quantitative estimate of drug-likeness (QED) is 0.797. The molecule has 1 atom stereocenters. The topological polar surface area (TPSA) is 57.0 Å². The molecule has 102 valence electrons. The van der Waals surface area contributed by atoms with Gasteiger partial charge in [0.15, 0.2) is 5.69 Å². The van der Waals surface area contributed by atoms with E-state index in [0.29, 0.717) is 23.7 Å². The van der Waals surface area contributed by atoms with Crippen LogP contribution in [0.25, 0.3) is 0 Å². The SMILES string of the molecule is CCOC(=O)c1csc(C[C@@H](C)n2cc(Cl)cn2)n1. The van der Waals surface area contributed by atoms with Gasteiger partial charge in [0.2, 0.25) is 0 Å². The summed E-state index contributed by atoms with van der Waals surface area (Å²) in [6.07, 6.45) is 4.07. The zero-order valence-electron chi connectivity index (χ0n) is 10.7. The average Bonchev–Trinajstić information content (AvgIpc) is 2.98. The van der Waals surface area contributed by atoms with E-state index in [1.165, 1.54) is 11.3 Å². The van der Waals surface area contributed by atoms with E-state index >= 15 is 0 Å². The van der Waals surface area contributed by atoms with Crippen molar-refractivity contribution in [3.63, 3.8) is 0 Å². The molecule has 0 aliphatic heterocycles. The number of hydrogen-bond acceptors (Lipinski definition) is 5. The van der Waals surface area contributed by atoms with Crippen LogP contribution in [-0.2, 0) is 11.2 Å². The van der Waals surface area contributed by atoms with Gasteiger partial charge >= 0.3 is 5.97 Å². The van der Waals surface area contributed by atoms with Crippen LogP contribution in [0.5, 0.6) is 0 Å². The van der Waals surface area contributed by atoms with Crippen LogP contribution in [0.3, 0.4) is 0 Å². The van der Waals surface area contributed by atoms with Crippen molar-refractivity contribution in [3.05, 3.63) is 33.5 Å². The number of rotatable bonds is 5. The number of carbonyl (C=O) groups is 1. The molecular weight excluding hydrogens is 286 g/mol. The van der Waals surface area contributed by atoms with Gasteiger partial charge in [-0.25, -0.2) is 9.78 Å². The van der Waals surface area contributed by atoms with Crippen molar-refractivity contribution < 1.29 is 9.53 Å². The first-order valence-electron chi connectivity index (χ1n) is 5.91. The minimum atomic E-state index is -0.375. The van der Waals surface area contributed by atoms with Crippen molar-refractivity contribution in [1.82, 2.24) is 14.8 Å². The molecule has 0 saturated carbocycles. The summed E-state index contributed by atoms with van der Waals surface area (Å²) in [4.78, 5) is 15.8. The van der Waals surface area contributed by atoms with E-state index in [1.54, 1.807) is 29.4 Å². The summed E-state index contributed by atoms with van der Waals surface area (Å²) in [5.41, 5.74) is 0.368. The number of carbonyl (C=O) groups excluding carboxylic acids is 1. The lowest BCUT2D eigenvalue weighted by Gasteiger charge is -2.09. The zero-order valence-corrected chi connectivity index (χ0v) is 12.2. The maximum Gasteiger partial charge on any atom is 0.357 e. The molecule has 2 aromatic rings. The first-order valence-corrected chi connectivity index (χ1v) is 7.17. The molecule has 0 saturated heterocycles. The Hall–Kier alpha value is -1.40. The van der Waals surface area contributed by atoms with E-state index in [1.807, 2.05) is 6.92 Å². The first-order chi connectivity index (χ1) is 9.10. The zero-order chi connectivity index (χ0) is 13.8. The number of nitrogens with zero attached hydrogens (tertiary/aromatic N) is 3. The van der Waals surface area contributed by atoms with Crippen molar-refractivity contribution in [3.8, 4) is 0 Å². The predicted molar refractivity (Wildman–Crippen MR) is 73.7 cm³/mol. The summed E-state index contributed by atoms with van der Waals surface area (Å²) >= 11 is 7.28. The van der Waals surface area contributed by atoms with Gasteiger partial charge in [-0.2, -0.15) is 5.10 Å². The van der Waals surface area contributed by atoms with Crippen LogP contribution in [0.2, 0.25) is 5.02 Å². The minimum absolute atomic E-state index is 0.133. The molecule has 0 bridgehead atoms. The molecule has 0 unspecified atom stereocenters. The average molecular weight is 300 g/mol. The van der Waals surface area contributed by atoms with Gasteiger partial charge in [-0.05, 0) is 13.8 Å². The molecule has 0 N–H and O–H groups in total. The number of hydrogen-bond donors (Lipinski definition) is 0. The van der Waals surface area contributed by atoms with Gasteiger partial charge < -0.3 is 4.74 Å². The second-order valence-corrected chi connectivity index (χ2v) is 5.42. The highest BCUT2D eigenvalue weighted by molar-refractivity contribution is 7.09. The fraction of sp³-hybridized carbons (Fsp3) is 0.417. The van der Waals surface area contributed by atoms with E-state index < -0.39 is 0 Å². The summed E-state index contributed by atoms with van der Waals surface area (Å²) in [6, 6.07) is 0.133. The molecule has 2 heterocycles. The molecule has 0 aliphatic carbocycles. The van der Waals surface area contributed by atoms with Crippen molar-refractivity contribution in [2.45, 2.75) is 26.3 Å². The van der Waals surface area contributed by atoms with Crippen LogP contribution in [0.15, 0.2) is 17.8 Å².